The van der Waals surface area contributed by atoms with Gasteiger partial charge in [-0.15, -0.1) is 0 Å². The van der Waals surface area contributed by atoms with Gasteiger partial charge in [0, 0.05) is 30.9 Å². The van der Waals surface area contributed by atoms with Crippen LogP contribution in [-0.4, -0.2) is 57.6 Å². The Kier molecular flexibility index (Phi) is 5.39. The lowest BCUT2D eigenvalue weighted by atomic mass is 10.1. The number of halogens is 1. The molecule has 1 saturated heterocycles. The molecule has 7 heteroatoms. The minimum absolute atomic E-state index is 0.0154. The normalized spacial score (nSPS) is 16.9. The predicted molar refractivity (Wildman–Crippen MR) is 108 cm³/mol. The number of aromatic nitrogens is 2. The highest BCUT2D eigenvalue weighted by atomic mass is 19.1. The Morgan fingerprint density at radius 1 is 1.21 bits per heavy atom. The third-order valence-electron chi connectivity index (χ3n) is 5.78. The molecular formula is C22H27FN4O2. The van der Waals surface area contributed by atoms with Gasteiger partial charge in [-0.2, -0.15) is 5.10 Å². The zero-order valence-electron chi connectivity index (χ0n) is 17.1. The van der Waals surface area contributed by atoms with Gasteiger partial charge in [0.25, 0.3) is 5.91 Å². The molecule has 29 heavy (non-hydrogen) atoms. The Morgan fingerprint density at radius 2 is 2.03 bits per heavy atom. The molecule has 2 aromatic rings. The van der Waals surface area contributed by atoms with E-state index < -0.39 is 0 Å². The monoisotopic (exact) mass is 398 g/mol. The van der Waals surface area contributed by atoms with Crippen LogP contribution in [0.25, 0.3) is 5.69 Å². The lowest BCUT2D eigenvalue weighted by Crippen LogP contribution is -2.40. The van der Waals surface area contributed by atoms with Crippen LogP contribution in [0.5, 0.6) is 0 Å². The molecule has 154 valence electrons. The summed E-state index contributed by atoms with van der Waals surface area (Å²) >= 11 is 0. The lowest BCUT2D eigenvalue weighted by molar-refractivity contribution is -0.130. The molecule has 2 heterocycles. The number of aryl methyl sites for hydroxylation is 1. The number of hydrogen-bond acceptors (Lipinski definition) is 3. The molecule has 0 atom stereocenters. The van der Waals surface area contributed by atoms with Crippen LogP contribution in [0.4, 0.5) is 4.39 Å². The molecular weight excluding hydrogens is 371 g/mol. The SMILES string of the molecule is CCCN1CCCN(C(=O)c2nn(-c3ccc(C)cc3F)c3c2CCC3)CC1=O. The van der Waals surface area contributed by atoms with Gasteiger partial charge in [0.2, 0.25) is 5.91 Å². The number of hydrogen-bond donors (Lipinski definition) is 0. The predicted octanol–water partition coefficient (Wildman–Crippen LogP) is 2.89. The van der Waals surface area contributed by atoms with Crippen molar-refractivity contribution in [2.75, 3.05) is 26.2 Å². The van der Waals surface area contributed by atoms with Gasteiger partial charge in [-0.1, -0.05) is 13.0 Å². The van der Waals surface area contributed by atoms with Crippen LogP contribution >= 0.6 is 0 Å². The number of carbonyl (C=O) groups is 2. The first-order valence-corrected chi connectivity index (χ1v) is 10.4. The van der Waals surface area contributed by atoms with E-state index >= 15 is 0 Å². The Balaban J connectivity index is 1.65. The summed E-state index contributed by atoms with van der Waals surface area (Å²) in [7, 11) is 0. The van der Waals surface area contributed by atoms with Crippen LogP contribution < -0.4 is 0 Å². The molecule has 0 radical (unpaired) electrons. The number of amides is 2. The van der Waals surface area contributed by atoms with Gasteiger partial charge in [-0.25, -0.2) is 9.07 Å². The lowest BCUT2D eigenvalue weighted by Gasteiger charge is -2.21. The van der Waals surface area contributed by atoms with Crippen LogP contribution in [-0.2, 0) is 17.6 Å². The molecule has 1 aromatic carbocycles. The first kappa shape index (κ1) is 19.6. The molecule has 6 nitrogen and oxygen atoms in total. The highest BCUT2D eigenvalue weighted by molar-refractivity contribution is 5.96. The average molecular weight is 398 g/mol. The summed E-state index contributed by atoms with van der Waals surface area (Å²) in [5, 5.41) is 4.54. The molecule has 0 spiro atoms. The van der Waals surface area contributed by atoms with Crippen LogP contribution in [0, 0.1) is 12.7 Å². The van der Waals surface area contributed by atoms with E-state index in [0.717, 1.165) is 55.5 Å². The maximum absolute atomic E-state index is 14.6. The topological polar surface area (TPSA) is 58.4 Å². The van der Waals surface area contributed by atoms with Crippen LogP contribution in [0.1, 0.15) is 53.5 Å². The van der Waals surface area contributed by atoms with Crippen LogP contribution in [0.2, 0.25) is 0 Å². The van der Waals surface area contributed by atoms with Crippen molar-refractivity contribution in [2.24, 2.45) is 0 Å². The minimum atomic E-state index is -0.346. The van der Waals surface area contributed by atoms with Crippen molar-refractivity contribution < 1.29 is 14.0 Å². The van der Waals surface area contributed by atoms with Crippen molar-refractivity contribution in [1.29, 1.82) is 0 Å². The molecule has 1 aliphatic heterocycles. The molecule has 0 N–H and O–H groups in total. The summed E-state index contributed by atoms with van der Waals surface area (Å²) in [5.41, 5.74) is 3.39. The Labute approximate surface area is 170 Å². The van der Waals surface area contributed by atoms with Crippen molar-refractivity contribution in [3.8, 4) is 5.69 Å². The first-order valence-electron chi connectivity index (χ1n) is 10.4. The van der Waals surface area contributed by atoms with Gasteiger partial charge in [-0.3, -0.25) is 9.59 Å². The van der Waals surface area contributed by atoms with Crippen LogP contribution in [0.3, 0.4) is 0 Å². The Hall–Kier alpha value is -2.70. The maximum atomic E-state index is 14.6. The average Bonchev–Trinajstić information content (AvgIpc) is 3.24. The van der Waals surface area contributed by atoms with E-state index in [-0.39, 0.29) is 24.2 Å². The molecule has 0 saturated carbocycles. The minimum Gasteiger partial charge on any atom is -0.341 e. The van der Waals surface area contributed by atoms with Gasteiger partial charge in [0.15, 0.2) is 5.69 Å². The molecule has 0 unspecified atom stereocenters. The third kappa shape index (κ3) is 3.66. The van der Waals surface area contributed by atoms with E-state index in [1.807, 2.05) is 24.8 Å². The number of rotatable bonds is 4. The maximum Gasteiger partial charge on any atom is 0.275 e. The zero-order chi connectivity index (χ0) is 20.5. The van der Waals surface area contributed by atoms with Gasteiger partial charge >= 0.3 is 0 Å². The fourth-order valence-electron chi connectivity index (χ4n) is 4.34. The van der Waals surface area contributed by atoms with E-state index in [1.165, 1.54) is 6.07 Å². The van der Waals surface area contributed by atoms with Gasteiger partial charge in [-0.05, 0) is 56.7 Å². The molecule has 1 aliphatic carbocycles. The van der Waals surface area contributed by atoms with E-state index in [4.69, 9.17) is 0 Å². The number of fused-ring (bicyclic) bond motifs is 1. The summed E-state index contributed by atoms with van der Waals surface area (Å²) in [4.78, 5) is 29.3. The first-order chi connectivity index (χ1) is 14.0. The second-order valence-electron chi connectivity index (χ2n) is 7.96. The summed E-state index contributed by atoms with van der Waals surface area (Å²) in [6.07, 6.45) is 4.11. The van der Waals surface area contributed by atoms with Gasteiger partial charge < -0.3 is 9.80 Å². The van der Waals surface area contributed by atoms with Crippen molar-refractivity contribution in [2.45, 2.75) is 46.0 Å². The highest BCUT2D eigenvalue weighted by Crippen LogP contribution is 2.30. The summed E-state index contributed by atoms with van der Waals surface area (Å²) in [6.45, 7) is 5.90. The molecule has 1 fully saturated rings. The van der Waals surface area contributed by atoms with E-state index in [1.54, 1.807) is 15.6 Å². The molecule has 0 bridgehead atoms. The van der Waals surface area contributed by atoms with E-state index in [0.29, 0.717) is 24.5 Å². The fourth-order valence-corrected chi connectivity index (χ4v) is 4.34. The molecule has 4 rings (SSSR count). The smallest absolute Gasteiger partial charge is 0.275 e. The van der Waals surface area contributed by atoms with Crippen molar-refractivity contribution >= 4 is 11.8 Å². The van der Waals surface area contributed by atoms with Crippen molar-refractivity contribution in [3.05, 3.63) is 46.5 Å². The number of benzene rings is 1. The largest absolute Gasteiger partial charge is 0.341 e. The molecule has 2 amide bonds. The summed E-state index contributed by atoms with van der Waals surface area (Å²) in [6, 6.07) is 5.04. The quantitative estimate of drug-likeness (QED) is 0.796. The Bertz CT molecular complexity index is 953. The zero-order valence-corrected chi connectivity index (χ0v) is 17.1. The summed E-state index contributed by atoms with van der Waals surface area (Å²) < 4.78 is 16.2. The second kappa shape index (κ2) is 7.97. The molecule has 1 aromatic heterocycles. The van der Waals surface area contributed by atoms with Crippen LogP contribution in [0.15, 0.2) is 18.2 Å². The highest BCUT2D eigenvalue weighted by Gasteiger charge is 2.32. The van der Waals surface area contributed by atoms with Crippen molar-refractivity contribution in [1.82, 2.24) is 19.6 Å². The Morgan fingerprint density at radius 3 is 2.79 bits per heavy atom. The fraction of sp³-hybridized carbons (Fsp3) is 0.500. The number of nitrogens with zero attached hydrogens (tertiary/aromatic N) is 4. The standard InChI is InChI=1S/C22H27FN4O2/c1-3-10-25-11-5-12-26(14-20(25)28)22(29)21-16-6-4-7-18(16)27(24-21)19-9-8-15(2)13-17(19)23/h8-9,13H,3-7,10-12,14H2,1-2H3. The molecule has 2 aliphatic rings. The van der Waals surface area contributed by atoms with E-state index in [2.05, 4.69) is 5.10 Å². The second-order valence-corrected chi connectivity index (χ2v) is 7.96. The number of carbonyl (C=O) groups excluding carboxylic acids is 2. The van der Waals surface area contributed by atoms with Crippen molar-refractivity contribution in [3.63, 3.8) is 0 Å². The summed E-state index contributed by atoms with van der Waals surface area (Å²) in [5.74, 6) is -0.583. The van der Waals surface area contributed by atoms with Gasteiger partial charge in [0.1, 0.15) is 18.0 Å². The van der Waals surface area contributed by atoms with E-state index in [9.17, 15) is 14.0 Å². The third-order valence-corrected chi connectivity index (χ3v) is 5.78. The van der Waals surface area contributed by atoms with Gasteiger partial charge in [0.05, 0.1) is 0 Å².